The van der Waals surface area contributed by atoms with Crippen LogP contribution in [-0.4, -0.2) is 17.7 Å². The number of hydrogen-bond donors (Lipinski definition) is 1. The molecule has 0 radical (unpaired) electrons. The fourth-order valence-electron chi connectivity index (χ4n) is 1.75. The summed E-state index contributed by atoms with van der Waals surface area (Å²) in [5.41, 5.74) is 7.47. The summed E-state index contributed by atoms with van der Waals surface area (Å²) in [7, 11) is 0. The Balaban J connectivity index is 2.49. The Morgan fingerprint density at radius 2 is 2.27 bits per heavy atom. The van der Waals surface area contributed by atoms with Crippen molar-refractivity contribution in [1.82, 2.24) is 0 Å². The fourth-order valence-corrected chi connectivity index (χ4v) is 2.87. The molecular formula is C11H14N2OS. The number of benzene rings is 1. The van der Waals surface area contributed by atoms with Gasteiger partial charge in [0.1, 0.15) is 0 Å². The van der Waals surface area contributed by atoms with Gasteiger partial charge < -0.3 is 10.6 Å². The van der Waals surface area contributed by atoms with Crippen molar-refractivity contribution in [3.05, 3.63) is 18.2 Å². The number of amides is 1. The van der Waals surface area contributed by atoms with Gasteiger partial charge in [0.25, 0.3) is 0 Å². The number of thioether (sulfide) groups is 1. The van der Waals surface area contributed by atoms with Crippen molar-refractivity contribution in [1.29, 1.82) is 0 Å². The molecule has 0 aliphatic carbocycles. The van der Waals surface area contributed by atoms with Gasteiger partial charge in [0.15, 0.2) is 0 Å². The molecule has 0 aromatic heterocycles. The monoisotopic (exact) mass is 222 g/mol. The zero-order valence-corrected chi connectivity index (χ0v) is 9.67. The Morgan fingerprint density at radius 1 is 1.53 bits per heavy atom. The van der Waals surface area contributed by atoms with E-state index in [4.69, 9.17) is 5.73 Å². The van der Waals surface area contributed by atoms with E-state index in [2.05, 4.69) is 0 Å². The first-order valence-electron chi connectivity index (χ1n) is 5.01. The summed E-state index contributed by atoms with van der Waals surface area (Å²) in [5.74, 6) is 0.180. The van der Waals surface area contributed by atoms with Crippen molar-refractivity contribution in [2.45, 2.75) is 24.0 Å². The lowest BCUT2D eigenvalue weighted by molar-refractivity contribution is -0.117. The Kier molecular flexibility index (Phi) is 2.61. The minimum Gasteiger partial charge on any atom is -0.399 e. The van der Waals surface area contributed by atoms with E-state index in [-0.39, 0.29) is 11.2 Å². The SMILES string of the molecule is CCN1C(=O)C(C)Sc2cc(N)ccc21. The maximum absolute atomic E-state index is 11.9. The van der Waals surface area contributed by atoms with Gasteiger partial charge in [0, 0.05) is 17.1 Å². The molecule has 1 heterocycles. The molecule has 1 aromatic rings. The number of nitrogen functional groups attached to an aromatic ring is 1. The molecule has 1 unspecified atom stereocenters. The molecule has 1 aromatic carbocycles. The van der Waals surface area contributed by atoms with Crippen molar-refractivity contribution in [3.63, 3.8) is 0 Å². The van der Waals surface area contributed by atoms with Crippen LogP contribution in [0.1, 0.15) is 13.8 Å². The van der Waals surface area contributed by atoms with E-state index in [1.54, 1.807) is 11.8 Å². The highest BCUT2D eigenvalue weighted by atomic mass is 32.2. The molecule has 0 spiro atoms. The summed E-state index contributed by atoms with van der Waals surface area (Å²) >= 11 is 1.58. The third-order valence-electron chi connectivity index (χ3n) is 2.51. The summed E-state index contributed by atoms with van der Waals surface area (Å²) < 4.78 is 0. The van der Waals surface area contributed by atoms with E-state index in [0.717, 1.165) is 16.3 Å². The maximum Gasteiger partial charge on any atom is 0.240 e. The zero-order chi connectivity index (χ0) is 11.0. The number of fused-ring (bicyclic) bond motifs is 1. The van der Waals surface area contributed by atoms with Gasteiger partial charge in [-0.2, -0.15) is 0 Å². The van der Waals surface area contributed by atoms with Crippen LogP contribution in [0.15, 0.2) is 23.1 Å². The number of hydrogen-bond acceptors (Lipinski definition) is 3. The zero-order valence-electron chi connectivity index (χ0n) is 8.86. The van der Waals surface area contributed by atoms with Gasteiger partial charge in [-0.3, -0.25) is 4.79 Å². The Bertz CT molecular complexity index is 406. The third kappa shape index (κ3) is 1.69. The Morgan fingerprint density at radius 3 is 2.93 bits per heavy atom. The van der Waals surface area contributed by atoms with Gasteiger partial charge in [0.05, 0.1) is 10.9 Å². The molecule has 3 nitrogen and oxygen atoms in total. The molecule has 1 atom stereocenters. The maximum atomic E-state index is 11.9. The van der Waals surface area contributed by atoms with Gasteiger partial charge in [0.2, 0.25) is 5.91 Å². The van der Waals surface area contributed by atoms with Crippen LogP contribution in [0.4, 0.5) is 11.4 Å². The van der Waals surface area contributed by atoms with Crippen LogP contribution < -0.4 is 10.6 Å². The minimum absolute atomic E-state index is 0.0146. The van der Waals surface area contributed by atoms with Gasteiger partial charge >= 0.3 is 0 Å². The molecule has 80 valence electrons. The number of carbonyl (C=O) groups excluding carboxylic acids is 1. The summed E-state index contributed by atoms with van der Waals surface area (Å²) in [6, 6.07) is 5.70. The molecule has 1 aliphatic heterocycles. The second-order valence-corrected chi connectivity index (χ2v) is 4.95. The molecule has 1 aliphatic rings. The van der Waals surface area contributed by atoms with Crippen molar-refractivity contribution in [2.24, 2.45) is 0 Å². The topological polar surface area (TPSA) is 46.3 Å². The molecule has 2 N–H and O–H groups in total. The fraction of sp³-hybridized carbons (Fsp3) is 0.364. The van der Waals surface area contributed by atoms with E-state index >= 15 is 0 Å². The van der Waals surface area contributed by atoms with Crippen LogP contribution in [-0.2, 0) is 4.79 Å². The Labute approximate surface area is 93.6 Å². The number of nitrogens with two attached hydrogens (primary N) is 1. The van der Waals surface area contributed by atoms with Gasteiger partial charge in [-0.05, 0) is 32.0 Å². The van der Waals surface area contributed by atoms with Crippen molar-refractivity contribution in [3.8, 4) is 0 Å². The van der Waals surface area contributed by atoms with Crippen LogP contribution in [0, 0.1) is 0 Å². The largest absolute Gasteiger partial charge is 0.399 e. The first kappa shape index (κ1) is 10.4. The lowest BCUT2D eigenvalue weighted by Crippen LogP contribution is -2.39. The quantitative estimate of drug-likeness (QED) is 0.740. The first-order chi connectivity index (χ1) is 7.13. The van der Waals surface area contributed by atoms with E-state index in [0.29, 0.717) is 6.54 Å². The van der Waals surface area contributed by atoms with E-state index in [1.165, 1.54) is 0 Å². The normalized spacial score (nSPS) is 20.3. The number of rotatable bonds is 1. The van der Waals surface area contributed by atoms with Crippen LogP contribution in [0.2, 0.25) is 0 Å². The van der Waals surface area contributed by atoms with Gasteiger partial charge in [-0.25, -0.2) is 0 Å². The standard InChI is InChI=1S/C11H14N2OS/c1-3-13-9-5-4-8(12)6-10(9)15-7(2)11(13)14/h4-7H,3,12H2,1-2H3. The average molecular weight is 222 g/mol. The van der Waals surface area contributed by atoms with Crippen LogP contribution >= 0.6 is 11.8 Å². The third-order valence-corrected chi connectivity index (χ3v) is 3.64. The molecule has 0 saturated carbocycles. The molecule has 15 heavy (non-hydrogen) atoms. The van der Waals surface area contributed by atoms with Crippen molar-refractivity contribution >= 4 is 29.0 Å². The smallest absolute Gasteiger partial charge is 0.240 e. The van der Waals surface area contributed by atoms with E-state index in [9.17, 15) is 4.79 Å². The number of anilines is 2. The second-order valence-electron chi connectivity index (χ2n) is 3.57. The highest BCUT2D eigenvalue weighted by Gasteiger charge is 2.29. The van der Waals surface area contributed by atoms with Gasteiger partial charge in [-0.1, -0.05) is 0 Å². The minimum atomic E-state index is -0.0146. The molecule has 0 bridgehead atoms. The summed E-state index contributed by atoms with van der Waals surface area (Å²) in [6.45, 7) is 4.63. The molecule has 4 heteroatoms. The second kappa shape index (κ2) is 3.77. The van der Waals surface area contributed by atoms with Crippen LogP contribution in [0.5, 0.6) is 0 Å². The van der Waals surface area contributed by atoms with E-state index < -0.39 is 0 Å². The number of nitrogens with zero attached hydrogens (tertiary/aromatic N) is 1. The summed E-state index contributed by atoms with van der Waals surface area (Å²) in [5, 5.41) is -0.0146. The Hall–Kier alpha value is -1.16. The number of carbonyl (C=O) groups is 1. The first-order valence-corrected chi connectivity index (χ1v) is 5.89. The highest BCUT2D eigenvalue weighted by molar-refractivity contribution is 8.01. The lowest BCUT2D eigenvalue weighted by Gasteiger charge is -2.31. The van der Waals surface area contributed by atoms with Crippen LogP contribution in [0.3, 0.4) is 0 Å². The highest BCUT2D eigenvalue weighted by Crippen LogP contribution is 2.39. The van der Waals surface area contributed by atoms with Gasteiger partial charge in [-0.15, -0.1) is 11.8 Å². The predicted octanol–water partition coefficient (Wildman–Crippen LogP) is 2.12. The predicted molar refractivity (Wildman–Crippen MR) is 64.2 cm³/mol. The molecule has 0 saturated heterocycles. The average Bonchev–Trinajstić information content (AvgIpc) is 2.20. The molecule has 2 rings (SSSR count). The molecule has 1 amide bonds. The van der Waals surface area contributed by atoms with Crippen LogP contribution in [0.25, 0.3) is 0 Å². The lowest BCUT2D eigenvalue weighted by atomic mass is 10.2. The van der Waals surface area contributed by atoms with Crippen molar-refractivity contribution in [2.75, 3.05) is 17.2 Å². The van der Waals surface area contributed by atoms with Crippen molar-refractivity contribution < 1.29 is 4.79 Å². The molecular weight excluding hydrogens is 208 g/mol. The summed E-state index contributed by atoms with van der Waals surface area (Å²) in [6.07, 6.45) is 0. The summed E-state index contributed by atoms with van der Waals surface area (Å²) in [4.78, 5) is 14.8. The molecule has 0 fully saturated rings. The van der Waals surface area contributed by atoms with E-state index in [1.807, 2.05) is 36.9 Å².